The van der Waals surface area contributed by atoms with E-state index >= 15 is 0 Å². The minimum atomic E-state index is -0.392. The van der Waals surface area contributed by atoms with E-state index in [0.717, 1.165) is 33.7 Å². The molecule has 28 heavy (non-hydrogen) atoms. The summed E-state index contributed by atoms with van der Waals surface area (Å²) in [5, 5.41) is 7.90. The molecule has 0 radical (unpaired) electrons. The molecule has 0 aliphatic rings. The van der Waals surface area contributed by atoms with Crippen LogP contribution in [0.4, 0.5) is 15.8 Å². The second kappa shape index (κ2) is 6.99. The normalized spacial score (nSPS) is 11.4. The zero-order chi connectivity index (χ0) is 19.8. The Balaban J connectivity index is 1.80. The Labute approximate surface area is 162 Å². The Morgan fingerprint density at radius 1 is 1.04 bits per heavy atom. The van der Waals surface area contributed by atoms with Gasteiger partial charge in [-0.05, 0) is 57.5 Å². The van der Waals surface area contributed by atoms with Crippen molar-refractivity contribution in [2.24, 2.45) is 0 Å². The molecule has 0 amide bonds. The summed E-state index contributed by atoms with van der Waals surface area (Å²) in [5.74, 6) is -0.392. The Hall–Kier alpha value is -3.35. The third kappa shape index (κ3) is 3.19. The average Bonchev–Trinajstić information content (AvgIpc) is 3.11. The fourth-order valence-corrected chi connectivity index (χ4v) is 3.12. The third-order valence-corrected chi connectivity index (χ3v) is 4.58. The van der Waals surface area contributed by atoms with E-state index in [1.165, 1.54) is 6.07 Å². The van der Waals surface area contributed by atoms with Crippen molar-refractivity contribution in [3.8, 4) is 11.4 Å². The van der Waals surface area contributed by atoms with Crippen molar-refractivity contribution >= 4 is 22.4 Å². The number of hydrogen-bond acceptors (Lipinski definition) is 5. The van der Waals surface area contributed by atoms with Crippen molar-refractivity contribution in [3.05, 3.63) is 59.9 Å². The van der Waals surface area contributed by atoms with E-state index in [2.05, 4.69) is 39.2 Å². The van der Waals surface area contributed by atoms with Gasteiger partial charge in [0.05, 0.1) is 17.6 Å². The number of nitrogens with zero attached hydrogens (tertiary/aromatic N) is 5. The lowest BCUT2D eigenvalue weighted by atomic mass is 10.1. The molecule has 0 atom stereocenters. The van der Waals surface area contributed by atoms with Gasteiger partial charge >= 0.3 is 0 Å². The van der Waals surface area contributed by atoms with Crippen LogP contribution in [0.3, 0.4) is 0 Å². The predicted molar refractivity (Wildman–Crippen MR) is 108 cm³/mol. The number of aryl methyl sites for hydroxylation is 2. The van der Waals surface area contributed by atoms with Crippen LogP contribution in [0, 0.1) is 19.7 Å². The zero-order valence-electron chi connectivity index (χ0n) is 16.2. The number of halogens is 1. The first kappa shape index (κ1) is 18.0. The van der Waals surface area contributed by atoms with Crippen molar-refractivity contribution < 1.29 is 4.39 Å². The molecular formula is C21H21FN6. The van der Waals surface area contributed by atoms with Crippen LogP contribution in [0.1, 0.15) is 31.1 Å². The van der Waals surface area contributed by atoms with Crippen LogP contribution in [0.15, 0.2) is 42.9 Å². The standard InChI is InChI=1S/C21H21FN6/c1-12(2)28-21-16(7-8-23-19(21)11-25-28)27-17-9-18(24-10-13(17)3)20-15(22)6-5-14(4)26-20/h5-12H,1-4H3,(H,23,24,27). The highest BCUT2D eigenvalue weighted by molar-refractivity contribution is 5.90. The summed E-state index contributed by atoms with van der Waals surface area (Å²) in [5.41, 5.74) is 5.87. The van der Waals surface area contributed by atoms with Crippen LogP contribution in [-0.4, -0.2) is 24.7 Å². The van der Waals surface area contributed by atoms with Crippen LogP contribution >= 0.6 is 0 Å². The molecule has 0 aromatic carbocycles. The summed E-state index contributed by atoms with van der Waals surface area (Å²) in [7, 11) is 0. The van der Waals surface area contributed by atoms with Crippen molar-refractivity contribution in [2.45, 2.75) is 33.7 Å². The summed E-state index contributed by atoms with van der Waals surface area (Å²) in [6, 6.07) is 6.99. The molecule has 0 fully saturated rings. The molecule has 0 aliphatic carbocycles. The van der Waals surface area contributed by atoms with Gasteiger partial charge in [-0.15, -0.1) is 0 Å². The maximum Gasteiger partial charge on any atom is 0.151 e. The van der Waals surface area contributed by atoms with E-state index in [4.69, 9.17) is 0 Å². The smallest absolute Gasteiger partial charge is 0.151 e. The number of pyridine rings is 3. The fraction of sp³-hybridized carbons (Fsp3) is 0.238. The van der Waals surface area contributed by atoms with Crippen molar-refractivity contribution in [1.29, 1.82) is 0 Å². The highest BCUT2D eigenvalue weighted by Crippen LogP contribution is 2.30. The SMILES string of the molecule is Cc1ccc(F)c(-c2cc(Nc3ccnc4cnn(C(C)C)c34)c(C)cn2)n1. The van der Waals surface area contributed by atoms with E-state index in [9.17, 15) is 4.39 Å². The first-order chi connectivity index (χ1) is 13.4. The second-order valence-corrected chi connectivity index (χ2v) is 7.07. The van der Waals surface area contributed by atoms with Gasteiger partial charge < -0.3 is 5.32 Å². The number of aromatic nitrogens is 5. The van der Waals surface area contributed by atoms with Gasteiger partial charge in [-0.3, -0.25) is 14.6 Å². The highest BCUT2D eigenvalue weighted by Gasteiger charge is 2.14. The molecule has 0 aliphatic heterocycles. The molecule has 4 aromatic rings. The molecule has 6 nitrogen and oxygen atoms in total. The maximum atomic E-state index is 14.3. The molecule has 4 aromatic heterocycles. The van der Waals surface area contributed by atoms with Gasteiger partial charge in [0, 0.05) is 29.8 Å². The molecule has 7 heteroatoms. The fourth-order valence-electron chi connectivity index (χ4n) is 3.12. The van der Waals surface area contributed by atoms with Gasteiger partial charge in [0.1, 0.15) is 16.7 Å². The lowest BCUT2D eigenvalue weighted by molar-refractivity contribution is 0.551. The highest BCUT2D eigenvalue weighted by atomic mass is 19.1. The summed E-state index contributed by atoms with van der Waals surface area (Å²) in [6.07, 6.45) is 5.23. The monoisotopic (exact) mass is 376 g/mol. The van der Waals surface area contributed by atoms with E-state index < -0.39 is 5.82 Å². The Morgan fingerprint density at radius 3 is 2.64 bits per heavy atom. The topological polar surface area (TPSA) is 68.5 Å². The van der Waals surface area contributed by atoms with E-state index in [-0.39, 0.29) is 11.7 Å². The number of hydrogen-bond donors (Lipinski definition) is 1. The predicted octanol–water partition coefficient (Wildman–Crippen LogP) is 4.97. The molecule has 142 valence electrons. The summed E-state index contributed by atoms with van der Waals surface area (Å²) < 4.78 is 16.2. The summed E-state index contributed by atoms with van der Waals surface area (Å²) >= 11 is 0. The van der Waals surface area contributed by atoms with Gasteiger partial charge in [0.2, 0.25) is 0 Å². The molecule has 0 spiro atoms. The number of rotatable bonds is 4. The minimum absolute atomic E-state index is 0.196. The number of fused-ring (bicyclic) bond motifs is 1. The lowest BCUT2D eigenvalue weighted by Gasteiger charge is -2.15. The molecule has 4 heterocycles. The quantitative estimate of drug-likeness (QED) is 0.545. The zero-order valence-corrected chi connectivity index (χ0v) is 16.2. The van der Waals surface area contributed by atoms with Crippen LogP contribution < -0.4 is 5.32 Å². The molecule has 0 unspecified atom stereocenters. The van der Waals surface area contributed by atoms with Crippen molar-refractivity contribution in [2.75, 3.05) is 5.32 Å². The van der Waals surface area contributed by atoms with E-state index in [1.54, 1.807) is 24.7 Å². The molecule has 0 saturated heterocycles. The van der Waals surface area contributed by atoms with Crippen LogP contribution in [0.25, 0.3) is 22.4 Å². The summed E-state index contributed by atoms with van der Waals surface area (Å²) in [6.45, 7) is 7.94. The molecule has 0 saturated carbocycles. The first-order valence-corrected chi connectivity index (χ1v) is 9.13. The van der Waals surface area contributed by atoms with E-state index in [0.29, 0.717) is 5.69 Å². The summed E-state index contributed by atoms with van der Waals surface area (Å²) in [4.78, 5) is 13.1. The van der Waals surface area contributed by atoms with E-state index in [1.807, 2.05) is 30.7 Å². The Morgan fingerprint density at radius 2 is 1.86 bits per heavy atom. The van der Waals surface area contributed by atoms with Gasteiger partial charge in [-0.25, -0.2) is 9.37 Å². The Kier molecular flexibility index (Phi) is 4.50. The first-order valence-electron chi connectivity index (χ1n) is 9.13. The van der Waals surface area contributed by atoms with Gasteiger partial charge in [-0.2, -0.15) is 5.10 Å². The van der Waals surface area contributed by atoms with Gasteiger partial charge in [0.15, 0.2) is 5.82 Å². The molecule has 0 bridgehead atoms. The van der Waals surface area contributed by atoms with Crippen LogP contribution in [0.2, 0.25) is 0 Å². The van der Waals surface area contributed by atoms with Crippen LogP contribution in [-0.2, 0) is 0 Å². The van der Waals surface area contributed by atoms with Crippen molar-refractivity contribution in [1.82, 2.24) is 24.7 Å². The van der Waals surface area contributed by atoms with Crippen molar-refractivity contribution in [3.63, 3.8) is 0 Å². The average molecular weight is 376 g/mol. The van der Waals surface area contributed by atoms with Gasteiger partial charge in [-0.1, -0.05) is 0 Å². The largest absolute Gasteiger partial charge is 0.353 e. The third-order valence-electron chi connectivity index (χ3n) is 4.58. The molecule has 1 N–H and O–H groups in total. The second-order valence-electron chi connectivity index (χ2n) is 7.07. The van der Waals surface area contributed by atoms with Gasteiger partial charge in [0.25, 0.3) is 0 Å². The minimum Gasteiger partial charge on any atom is -0.353 e. The van der Waals surface area contributed by atoms with Crippen LogP contribution in [0.5, 0.6) is 0 Å². The molecular weight excluding hydrogens is 355 g/mol. The maximum absolute atomic E-state index is 14.3. The number of nitrogens with one attached hydrogen (secondary N) is 1. The lowest BCUT2D eigenvalue weighted by Crippen LogP contribution is -2.05. The Bertz CT molecular complexity index is 1160. The number of anilines is 2. The molecule has 4 rings (SSSR count).